The van der Waals surface area contributed by atoms with Crippen molar-refractivity contribution in [1.29, 1.82) is 0 Å². The molecule has 10 nitrogen and oxygen atoms in total. The van der Waals surface area contributed by atoms with Gasteiger partial charge in [0, 0.05) is 11.9 Å². The Kier molecular flexibility index (Phi) is 8.82. The second-order valence-electron chi connectivity index (χ2n) is 8.05. The minimum Gasteiger partial charge on any atom is -0.448 e. The van der Waals surface area contributed by atoms with E-state index in [-0.39, 0.29) is 19.1 Å². The zero-order valence-electron chi connectivity index (χ0n) is 20.3. The first-order valence-electron chi connectivity index (χ1n) is 11.8. The zero-order valence-corrected chi connectivity index (χ0v) is 21.1. The number of benzene rings is 2. The van der Waals surface area contributed by atoms with E-state index in [1.807, 2.05) is 36.4 Å². The van der Waals surface area contributed by atoms with E-state index in [1.165, 1.54) is 22.5 Å². The maximum absolute atomic E-state index is 12.9. The molecule has 4 rings (SSSR count). The van der Waals surface area contributed by atoms with Crippen LogP contribution in [0.15, 0.2) is 71.1 Å². The molecule has 11 heteroatoms. The molecule has 0 aliphatic carbocycles. The van der Waals surface area contributed by atoms with Crippen LogP contribution in [0.1, 0.15) is 31.0 Å². The number of amides is 3. The molecule has 1 unspecified atom stereocenters. The largest absolute Gasteiger partial charge is 0.448 e. The molecule has 0 spiro atoms. The first kappa shape index (κ1) is 25.8. The van der Waals surface area contributed by atoms with Gasteiger partial charge in [-0.25, -0.2) is 14.6 Å². The molecule has 3 amide bonds. The van der Waals surface area contributed by atoms with Gasteiger partial charge in [-0.3, -0.25) is 9.69 Å². The monoisotopic (exact) mass is 521 g/mol. The fourth-order valence-electron chi connectivity index (χ4n) is 3.74. The molecule has 2 aromatic carbocycles. The first-order chi connectivity index (χ1) is 18.0. The van der Waals surface area contributed by atoms with Crippen LogP contribution in [-0.4, -0.2) is 53.4 Å². The maximum atomic E-state index is 12.9. The number of hydrogen-bond donors (Lipinski definition) is 1. The predicted octanol–water partition coefficient (Wildman–Crippen LogP) is 4.88. The van der Waals surface area contributed by atoms with Gasteiger partial charge in [0.2, 0.25) is 5.91 Å². The molecule has 3 aromatic rings. The number of hydrazone groups is 1. The standard InChI is InChI=1S/C26H27N5O5S/c1-2-35-26(34)31(21-12-7-4-8-13-21)27-16-20-18-37-24(28-20)29-23(32)22-14-9-15-30(22)25(33)36-17-19-10-5-3-6-11-19/h3-8,10-13,16,18,22H,2,9,14-15,17H2,1H3,(H,28,29,32). The fourth-order valence-corrected chi connectivity index (χ4v) is 4.41. The summed E-state index contributed by atoms with van der Waals surface area (Å²) in [6, 6.07) is 17.6. The third-order valence-corrected chi connectivity index (χ3v) is 6.27. The van der Waals surface area contributed by atoms with E-state index in [0.717, 1.165) is 10.6 Å². The van der Waals surface area contributed by atoms with Crippen molar-refractivity contribution in [3.63, 3.8) is 0 Å². The second kappa shape index (κ2) is 12.6. The Balaban J connectivity index is 1.36. The van der Waals surface area contributed by atoms with Gasteiger partial charge < -0.3 is 14.8 Å². The Labute approximate surface area is 218 Å². The fraction of sp³-hybridized carbons (Fsp3) is 0.269. The van der Waals surface area contributed by atoms with Gasteiger partial charge in [0.25, 0.3) is 0 Å². The van der Waals surface area contributed by atoms with Crippen molar-refractivity contribution >= 4 is 46.5 Å². The van der Waals surface area contributed by atoms with Gasteiger partial charge in [0.05, 0.1) is 24.2 Å². The van der Waals surface area contributed by atoms with Crippen LogP contribution in [-0.2, 0) is 20.9 Å². The molecule has 192 valence electrons. The third kappa shape index (κ3) is 6.91. The number of carbonyl (C=O) groups is 3. The molecule has 1 aliphatic rings. The second-order valence-corrected chi connectivity index (χ2v) is 8.91. The smallest absolute Gasteiger partial charge is 0.435 e. The first-order valence-corrected chi connectivity index (χ1v) is 12.7. The van der Waals surface area contributed by atoms with Crippen molar-refractivity contribution in [3.8, 4) is 0 Å². The summed E-state index contributed by atoms with van der Waals surface area (Å²) in [4.78, 5) is 43.7. The number of aromatic nitrogens is 1. The summed E-state index contributed by atoms with van der Waals surface area (Å²) in [5.74, 6) is -0.329. The van der Waals surface area contributed by atoms with Crippen LogP contribution in [0.5, 0.6) is 0 Å². The lowest BCUT2D eigenvalue weighted by Crippen LogP contribution is -2.43. The van der Waals surface area contributed by atoms with Gasteiger partial charge in [-0.15, -0.1) is 11.3 Å². The van der Waals surface area contributed by atoms with Crippen molar-refractivity contribution in [2.75, 3.05) is 23.5 Å². The van der Waals surface area contributed by atoms with Crippen molar-refractivity contribution in [2.24, 2.45) is 5.10 Å². The molecule has 37 heavy (non-hydrogen) atoms. The highest BCUT2D eigenvalue weighted by atomic mass is 32.1. The Bertz CT molecular complexity index is 1230. The van der Waals surface area contributed by atoms with Gasteiger partial charge in [0.1, 0.15) is 12.6 Å². The average molecular weight is 522 g/mol. The number of ether oxygens (including phenoxy) is 2. The molecule has 1 aromatic heterocycles. The zero-order chi connectivity index (χ0) is 26.0. The van der Waals surface area contributed by atoms with Crippen LogP contribution in [0.2, 0.25) is 0 Å². The van der Waals surface area contributed by atoms with Gasteiger partial charge in [0.15, 0.2) is 5.13 Å². The van der Waals surface area contributed by atoms with Gasteiger partial charge >= 0.3 is 12.2 Å². The third-order valence-electron chi connectivity index (χ3n) is 5.49. The molecule has 1 atom stereocenters. The minimum atomic E-state index is -0.637. The van der Waals surface area contributed by atoms with E-state index in [4.69, 9.17) is 9.47 Å². The summed E-state index contributed by atoms with van der Waals surface area (Å²) in [7, 11) is 0. The van der Waals surface area contributed by atoms with Crippen LogP contribution in [0, 0.1) is 0 Å². The Hall–Kier alpha value is -4.25. The minimum absolute atomic E-state index is 0.144. The number of likely N-dealkylation sites (tertiary alicyclic amines) is 1. The Morgan fingerprint density at radius 1 is 1.14 bits per heavy atom. The average Bonchev–Trinajstić information content (AvgIpc) is 3.59. The van der Waals surface area contributed by atoms with E-state index < -0.39 is 18.2 Å². The number of hydrogen-bond acceptors (Lipinski definition) is 8. The number of thiazole rings is 1. The number of nitrogens with one attached hydrogen (secondary N) is 1. The van der Waals surface area contributed by atoms with Gasteiger partial charge in [-0.1, -0.05) is 48.5 Å². The predicted molar refractivity (Wildman–Crippen MR) is 141 cm³/mol. The summed E-state index contributed by atoms with van der Waals surface area (Å²) in [5.41, 5.74) is 1.87. The molecule has 0 saturated carbocycles. The number of nitrogens with zero attached hydrogens (tertiary/aromatic N) is 4. The lowest BCUT2D eigenvalue weighted by molar-refractivity contribution is -0.120. The maximum Gasteiger partial charge on any atom is 0.435 e. The lowest BCUT2D eigenvalue weighted by atomic mass is 10.2. The summed E-state index contributed by atoms with van der Waals surface area (Å²) in [5, 5.41) is 10.2. The molecule has 1 fully saturated rings. The van der Waals surface area contributed by atoms with E-state index in [0.29, 0.717) is 35.9 Å². The van der Waals surface area contributed by atoms with E-state index >= 15 is 0 Å². The molecule has 2 heterocycles. The molecule has 0 radical (unpaired) electrons. The highest BCUT2D eigenvalue weighted by Gasteiger charge is 2.35. The Morgan fingerprint density at radius 2 is 1.86 bits per heavy atom. The van der Waals surface area contributed by atoms with Crippen LogP contribution in [0.25, 0.3) is 0 Å². The summed E-state index contributed by atoms with van der Waals surface area (Å²) < 4.78 is 10.5. The lowest BCUT2D eigenvalue weighted by Gasteiger charge is -2.22. The van der Waals surface area contributed by atoms with Crippen LogP contribution >= 0.6 is 11.3 Å². The molecular formula is C26H27N5O5S. The number of para-hydroxylation sites is 1. The van der Waals surface area contributed by atoms with Crippen molar-refractivity contribution in [1.82, 2.24) is 9.88 Å². The van der Waals surface area contributed by atoms with Crippen molar-refractivity contribution in [2.45, 2.75) is 32.4 Å². The highest BCUT2D eigenvalue weighted by molar-refractivity contribution is 7.14. The molecule has 1 saturated heterocycles. The molecule has 0 bridgehead atoms. The van der Waals surface area contributed by atoms with E-state index in [2.05, 4.69) is 15.4 Å². The summed E-state index contributed by atoms with van der Waals surface area (Å²) in [6.07, 6.45) is 1.52. The van der Waals surface area contributed by atoms with Gasteiger partial charge in [-0.05, 0) is 37.5 Å². The van der Waals surface area contributed by atoms with E-state index in [9.17, 15) is 14.4 Å². The van der Waals surface area contributed by atoms with E-state index in [1.54, 1.807) is 36.6 Å². The Morgan fingerprint density at radius 3 is 2.59 bits per heavy atom. The molecule has 1 N–H and O–H groups in total. The normalized spacial score (nSPS) is 14.9. The SMILES string of the molecule is CCOC(=O)N(N=Cc1csc(NC(=O)C2CCCN2C(=O)OCc2ccccc2)n1)c1ccccc1. The topological polar surface area (TPSA) is 113 Å². The van der Waals surface area contributed by atoms with Crippen molar-refractivity contribution < 1.29 is 23.9 Å². The van der Waals surface area contributed by atoms with Crippen LogP contribution in [0.4, 0.5) is 20.4 Å². The molecular weight excluding hydrogens is 494 g/mol. The number of anilines is 2. The van der Waals surface area contributed by atoms with Crippen LogP contribution in [0.3, 0.4) is 0 Å². The summed E-state index contributed by atoms with van der Waals surface area (Å²) >= 11 is 1.22. The van der Waals surface area contributed by atoms with Crippen LogP contribution < -0.4 is 10.3 Å². The van der Waals surface area contributed by atoms with Crippen molar-refractivity contribution in [3.05, 3.63) is 77.3 Å². The molecule has 1 aliphatic heterocycles. The summed E-state index contributed by atoms with van der Waals surface area (Å²) in [6.45, 7) is 2.52. The number of carbonyl (C=O) groups excluding carboxylic acids is 3. The number of rotatable bonds is 8. The highest BCUT2D eigenvalue weighted by Crippen LogP contribution is 2.22. The quantitative estimate of drug-likeness (QED) is 0.334. The van der Waals surface area contributed by atoms with Gasteiger partial charge in [-0.2, -0.15) is 10.1 Å².